The van der Waals surface area contributed by atoms with Gasteiger partial charge in [-0.3, -0.25) is 14.4 Å². The summed E-state index contributed by atoms with van der Waals surface area (Å²) in [6.45, 7) is 5.95. The summed E-state index contributed by atoms with van der Waals surface area (Å²) in [7, 11) is 0. The number of hydrogen-bond donors (Lipinski definition) is 0. The van der Waals surface area contributed by atoms with Gasteiger partial charge in [0, 0.05) is 6.92 Å². The minimum absolute atomic E-state index is 0.256. The van der Waals surface area contributed by atoms with Gasteiger partial charge >= 0.3 is 11.9 Å². The lowest BCUT2D eigenvalue weighted by Crippen LogP contribution is -2.39. The van der Waals surface area contributed by atoms with Crippen LogP contribution in [0.2, 0.25) is 0 Å². The zero-order valence-electron chi connectivity index (χ0n) is 9.05. The molecule has 0 bridgehead atoms. The Kier molecular flexibility index (Phi) is 4.47. The average molecular weight is 200 g/mol. The Labute approximate surface area is 83.6 Å². The Morgan fingerprint density at radius 1 is 1.07 bits per heavy atom. The maximum Gasteiger partial charge on any atom is 0.327 e. The zero-order chi connectivity index (χ0) is 11.4. The number of rotatable bonds is 4. The van der Waals surface area contributed by atoms with Gasteiger partial charge < -0.3 is 4.74 Å². The summed E-state index contributed by atoms with van der Waals surface area (Å²) in [5.74, 6) is -1.67. The second-order valence-corrected chi connectivity index (χ2v) is 3.23. The normalized spacial score (nSPS) is 10.9. The van der Waals surface area contributed by atoms with Crippen LogP contribution in [0.25, 0.3) is 0 Å². The Morgan fingerprint density at radius 2 is 1.50 bits per heavy atom. The molecule has 0 aromatic heterocycles. The summed E-state index contributed by atoms with van der Waals surface area (Å²) < 4.78 is 4.46. The van der Waals surface area contributed by atoms with Crippen molar-refractivity contribution < 1.29 is 19.1 Å². The molecule has 0 atom stereocenters. The summed E-state index contributed by atoms with van der Waals surface area (Å²) in [6.07, 6.45) is 0.704. The molecule has 0 aliphatic heterocycles. The van der Waals surface area contributed by atoms with Crippen molar-refractivity contribution in [1.29, 1.82) is 0 Å². The first-order valence-electron chi connectivity index (χ1n) is 4.64. The molecular weight excluding hydrogens is 184 g/mol. The van der Waals surface area contributed by atoms with Crippen LogP contribution in [0.3, 0.4) is 0 Å². The van der Waals surface area contributed by atoms with Gasteiger partial charge in [-0.25, -0.2) is 0 Å². The van der Waals surface area contributed by atoms with Gasteiger partial charge in [0.15, 0.2) is 0 Å². The molecule has 0 radical (unpaired) electrons. The predicted octanol–water partition coefficient (Wildman–Crippen LogP) is 1.47. The van der Waals surface area contributed by atoms with Gasteiger partial charge in [-0.05, 0) is 19.8 Å². The first-order chi connectivity index (χ1) is 6.40. The lowest BCUT2D eigenvalue weighted by atomic mass is 9.79. The van der Waals surface area contributed by atoms with Crippen molar-refractivity contribution in [2.24, 2.45) is 5.41 Å². The van der Waals surface area contributed by atoms with E-state index in [0.29, 0.717) is 12.8 Å². The number of ketones is 1. The first kappa shape index (κ1) is 12.8. The summed E-state index contributed by atoms with van der Waals surface area (Å²) in [5, 5.41) is 0. The van der Waals surface area contributed by atoms with Crippen LogP contribution in [-0.2, 0) is 19.1 Å². The Bertz CT molecular complexity index is 251. The maximum atomic E-state index is 11.5. The fourth-order valence-electron chi connectivity index (χ4n) is 1.41. The van der Waals surface area contributed by atoms with Crippen molar-refractivity contribution in [2.45, 2.75) is 40.5 Å². The SMILES string of the molecule is CCC(CC)(C(C)=O)C(=O)OC(C)=O. The predicted molar refractivity (Wildman–Crippen MR) is 50.5 cm³/mol. The number of hydrogen-bond acceptors (Lipinski definition) is 4. The molecule has 0 aliphatic carbocycles. The van der Waals surface area contributed by atoms with E-state index in [1.54, 1.807) is 13.8 Å². The zero-order valence-corrected chi connectivity index (χ0v) is 9.05. The van der Waals surface area contributed by atoms with Crippen molar-refractivity contribution in [2.75, 3.05) is 0 Å². The highest BCUT2D eigenvalue weighted by Crippen LogP contribution is 2.29. The molecule has 0 aromatic rings. The van der Waals surface area contributed by atoms with E-state index in [1.165, 1.54) is 6.92 Å². The molecule has 14 heavy (non-hydrogen) atoms. The van der Waals surface area contributed by atoms with Gasteiger partial charge in [-0.2, -0.15) is 0 Å². The molecule has 0 spiro atoms. The number of Topliss-reactive ketones (excluding diaryl/α,β-unsaturated/α-hetero) is 1. The molecule has 0 amide bonds. The van der Waals surface area contributed by atoms with Crippen LogP contribution in [0.4, 0.5) is 0 Å². The molecule has 0 saturated carbocycles. The third-order valence-corrected chi connectivity index (χ3v) is 2.51. The van der Waals surface area contributed by atoms with Gasteiger partial charge in [0.2, 0.25) is 0 Å². The average Bonchev–Trinajstić information content (AvgIpc) is 2.05. The van der Waals surface area contributed by atoms with Crippen LogP contribution < -0.4 is 0 Å². The van der Waals surface area contributed by atoms with Crippen LogP contribution in [0.15, 0.2) is 0 Å². The standard InChI is InChI=1S/C10H16O4/c1-5-10(6-2,7(3)11)9(13)14-8(4)12/h5-6H2,1-4H3. The van der Waals surface area contributed by atoms with Crippen molar-refractivity contribution in [3.05, 3.63) is 0 Å². The van der Waals surface area contributed by atoms with Crippen LogP contribution in [0.1, 0.15) is 40.5 Å². The number of carbonyl (C=O) groups excluding carboxylic acids is 3. The van der Waals surface area contributed by atoms with E-state index in [2.05, 4.69) is 4.74 Å². The minimum Gasteiger partial charge on any atom is -0.393 e. The molecule has 80 valence electrons. The van der Waals surface area contributed by atoms with E-state index in [9.17, 15) is 14.4 Å². The molecule has 0 saturated heterocycles. The molecule has 4 heteroatoms. The van der Waals surface area contributed by atoms with Gasteiger partial charge in [0.05, 0.1) is 0 Å². The maximum absolute atomic E-state index is 11.5. The molecule has 0 aliphatic rings. The summed E-state index contributed by atoms with van der Waals surface area (Å²) in [5.41, 5.74) is -1.15. The van der Waals surface area contributed by atoms with Crippen LogP contribution in [0.5, 0.6) is 0 Å². The van der Waals surface area contributed by atoms with Crippen LogP contribution in [-0.4, -0.2) is 17.7 Å². The highest BCUT2D eigenvalue weighted by molar-refractivity contribution is 6.05. The van der Waals surface area contributed by atoms with E-state index in [4.69, 9.17) is 0 Å². The lowest BCUT2D eigenvalue weighted by molar-refractivity contribution is -0.168. The van der Waals surface area contributed by atoms with Crippen molar-refractivity contribution >= 4 is 17.7 Å². The van der Waals surface area contributed by atoms with E-state index in [1.807, 2.05) is 0 Å². The Balaban J connectivity index is 4.90. The molecule has 0 aromatic carbocycles. The molecule has 0 rings (SSSR count). The number of esters is 2. The van der Waals surface area contributed by atoms with Crippen LogP contribution in [0, 0.1) is 5.41 Å². The van der Waals surface area contributed by atoms with Gasteiger partial charge in [0.25, 0.3) is 0 Å². The second kappa shape index (κ2) is 4.88. The molecule has 0 heterocycles. The Morgan fingerprint density at radius 3 is 1.71 bits per heavy atom. The smallest absolute Gasteiger partial charge is 0.327 e. The molecule has 4 nitrogen and oxygen atoms in total. The quantitative estimate of drug-likeness (QED) is 0.509. The second-order valence-electron chi connectivity index (χ2n) is 3.23. The summed E-state index contributed by atoms with van der Waals surface area (Å²) in [6, 6.07) is 0. The third kappa shape index (κ3) is 2.40. The highest BCUT2D eigenvalue weighted by Gasteiger charge is 2.42. The van der Waals surface area contributed by atoms with Crippen molar-refractivity contribution in [3.63, 3.8) is 0 Å². The van der Waals surface area contributed by atoms with E-state index in [0.717, 1.165) is 6.92 Å². The lowest BCUT2D eigenvalue weighted by Gasteiger charge is -2.24. The largest absolute Gasteiger partial charge is 0.393 e. The van der Waals surface area contributed by atoms with Gasteiger partial charge in [0.1, 0.15) is 11.2 Å². The highest BCUT2D eigenvalue weighted by atomic mass is 16.6. The monoisotopic (exact) mass is 200 g/mol. The van der Waals surface area contributed by atoms with Gasteiger partial charge in [-0.15, -0.1) is 0 Å². The number of carbonyl (C=O) groups is 3. The van der Waals surface area contributed by atoms with Gasteiger partial charge in [-0.1, -0.05) is 13.8 Å². The first-order valence-corrected chi connectivity index (χ1v) is 4.64. The minimum atomic E-state index is -1.15. The Hall–Kier alpha value is -1.19. The molecule has 0 N–H and O–H groups in total. The summed E-state index contributed by atoms with van der Waals surface area (Å²) in [4.78, 5) is 33.5. The topological polar surface area (TPSA) is 60.4 Å². The van der Waals surface area contributed by atoms with E-state index < -0.39 is 17.4 Å². The molecular formula is C10H16O4. The number of ether oxygens (including phenoxy) is 1. The van der Waals surface area contributed by atoms with Crippen molar-refractivity contribution in [3.8, 4) is 0 Å². The van der Waals surface area contributed by atoms with E-state index in [-0.39, 0.29) is 5.78 Å². The molecule has 0 unspecified atom stereocenters. The third-order valence-electron chi connectivity index (χ3n) is 2.51. The van der Waals surface area contributed by atoms with E-state index >= 15 is 0 Å². The fourth-order valence-corrected chi connectivity index (χ4v) is 1.41. The fraction of sp³-hybridized carbons (Fsp3) is 0.700. The van der Waals surface area contributed by atoms with Crippen LogP contribution >= 0.6 is 0 Å². The molecule has 0 fully saturated rings. The summed E-state index contributed by atoms with van der Waals surface area (Å²) >= 11 is 0. The van der Waals surface area contributed by atoms with Crippen molar-refractivity contribution in [1.82, 2.24) is 0 Å².